The molecule has 1 aliphatic rings. The zero-order chi connectivity index (χ0) is 13.6. The molecule has 8 heteroatoms. The number of likely N-dealkylation sites (tertiary alicyclic amines) is 1. The van der Waals surface area contributed by atoms with Crippen LogP contribution in [-0.2, 0) is 13.6 Å². The van der Waals surface area contributed by atoms with Crippen LogP contribution in [0.25, 0.3) is 0 Å². The molecule has 2 rings (SSSR count). The maximum atomic E-state index is 12.9. The minimum Gasteiger partial charge on any atom is -0.290 e. The molecule has 0 aliphatic carbocycles. The molecule has 5 nitrogen and oxygen atoms in total. The van der Waals surface area contributed by atoms with Crippen molar-refractivity contribution < 1.29 is 13.2 Å². The first-order valence-electron chi connectivity index (χ1n) is 5.76. The van der Waals surface area contributed by atoms with Crippen LogP contribution in [0.1, 0.15) is 26.1 Å². The number of hydrogen-bond acceptors (Lipinski definition) is 4. The van der Waals surface area contributed by atoms with Gasteiger partial charge < -0.3 is 0 Å². The number of aromatic nitrogens is 4. The molecule has 0 N–H and O–H groups in total. The normalized spacial score (nSPS) is 24.7. The van der Waals surface area contributed by atoms with Gasteiger partial charge in [0.1, 0.15) is 0 Å². The molecule has 0 bridgehead atoms. The van der Waals surface area contributed by atoms with Crippen molar-refractivity contribution in [3.05, 3.63) is 5.82 Å². The van der Waals surface area contributed by atoms with Crippen molar-refractivity contribution in [2.24, 2.45) is 13.0 Å². The molecule has 0 aromatic carbocycles. The second kappa shape index (κ2) is 4.18. The van der Waals surface area contributed by atoms with Crippen LogP contribution in [0.2, 0.25) is 0 Å². The summed E-state index contributed by atoms with van der Waals surface area (Å²) in [4.78, 5) is 3.07. The number of nitrogens with zero attached hydrogens (tertiary/aromatic N) is 5. The molecule has 0 spiro atoms. The van der Waals surface area contributed by atoms with E-state index in [9.17, 15) is 13.2 Å². The quantitative estimate of drug-likeness (QED) is 0.808. The molecule has 1 saturated heterocycles. The lowest BCUT2D eigenvalue weighted by Crippen LogP contribution is -2.47. The van der Waals surface area contributed by atoms with Gasteiger partial charge in [0.25, 0.3) is 0 Å². The predicted molar refractivity (Wildman–Crippen MR) is 57.4 cm³/mol. The number of halogens is 3. The predicted octanol–water partition coefficient (Wildman–Crippen LogP) is 1.37. The Balaban J connectivity index is 2.12. The number of hydrogen-bond donors (Lipinski definition) is 0. The van der Waals surface area contributed by atoms with Crippen LogP contribution in [0.3, 0.4) is 0 Å². The summed E-state index contributed by atoms with van der Waals surface area (Å²) in [5.74, 6) is -0.852. The summed E-state index contributed by atoms with van der Waals surface area (Å²) < 4.78 is 38.7. The Morgan fingerprint density at radius 1 is 1.39 bits per heavy atom. The van der Waals surface area contributed by atoms with Gasteiger partial charge in [-0.2, -0.15) is 18.0 Å². The van der Waals surface area contributed by atoms with E-state index in [0.29, 0.717) is 18.9 Å². The van der Waals surface area contributed by atoms with E-state index >= 15 is 0 Å². The van der Waals surface area contributed by atoms with Crippen molar-refractivity contribution in [2.75, 3.05) is 6.54 Å². The van der Waals surface area contributed by atoms with Crippen LogP contribution in [-0.4, -0.2) is 43.4 Å². The monoisotopic (exact) mass is 263 g/mol. The van der Waals surface area contributed by atoms with Crippen molar-refractivity contribution in [3.8, 4) is 0 Å². The molecule has 1 aliphatic heterocycles. The molecule has 1 aromatic rings. The maximum absolute atomic E-state index is 12.9. The van der Waals surface area contributed by atoms with E-state index in [0.717, 1.165) is 0 Å². The third-order valence-corrected chi connectivity index (χ3v) is 3.63. The van der Waals surface area contributed by atoms with Crippen LogP contribution >= 0.6 is 0 Å². The first-order valence-corrected chi connectivity index (χ1v) is 5.76. The Morgan fingerprint density at radius 2 is 2.06 bits per heavy atom. The zero-order valence-electron chi connectivity index (χ0n) is 10.6. The number of tetrazole rings is 1. The Morgan fingerprint density at radius 3 is 2.50 bits per heavy atom. The second-order valence-corrected chi connectivity index (χ2v) is 5.15. The topological polar surface area (TPSA) is 46.8 Å². The summed E-state index contributed by atoms with van der Waals surface area (Å²) in [6.45, 7) is 3.94. The molecule has 0 radical (unpaired) electrons. The highest BCUT2D eigenvalue weighted by atomic mass is 19.4. The van der Waals surface area contributed by atoms with Crippen LogP contribution < -0.4 is 0 Å². The highest BCUT2D eigenvalue weighted by Crippen LogP contribution is 2.44. The summed E-state index contributed by atoms with van der Waals surface area (Å²) in [6, 6.07) is 0. The van der Waals surface area contributed by atoms with Gasteiger partial charge in [-0.3, -0.25) is 4.90 Å². The molecule has 18 heavy (non-hydrogen) atoms. The lowest BCUT2D eigenvalue weighted by atomic mass is 9.88. The van der Waals surface area contributed by atoms with E-state index in [2.05, 4.69) is 15.4 Å². The molecule has 1 atom stereocenters. The van der Waals surface area contributed by atoms with Gasteiger partial charge in [0.2, 0.25) is 0 Å². The van der Waals surface area contributed by atoms with Crippen LogP contribution in [0.5, 0.6) is 0 Å². The van der Waals surface area contributed by atoms with E-state index < -0.39 is 17.6 Å². The van der Waals surface area contributed by atoms with E-state index in [4.69, 9.17) is 0 Å². The molecular weight excluding hydrogens is 247 g/mol. The Hall–Kier alpha value is -1.18. The van der Waals surface area contributed by atoms with Gasteiger partial charge in [-0.05, 0) is 32.0 Å². The van der Waals surface area contributed by atoms with Gasteiger partial charge in [0, 0.05) is 5.54 Å². The van der Waals surface area contributed by atoms with Crippen molar-refractivity contribution in [3.63, 3.8) is 0 Å². The van der Waals surface area contributed by atoms with Gasteiger partial charge in [-0.1, -0.05) is 0 Å². The molecule has 1 fully saturated rings. The SMILES string of the molecule is Cn1nnc(CN2CCC(C(F)(F)F)C2(C)C)n1. The molecule has 0 amide bonds. The smallest absolute Gasteiger partial charge is 0.290 e. The highest BCUT2D eigenvalue weighted by molar-refractivity contribution is 4.99. The molecule has 0 saturated carbocycles. The van der Waals surface area contributed by atoms with Crippen molar-refractivity contribution in [1.82, 2.24) is 25.1 Å². The average molecular weight is 263 g/mol. The van der Waals surface area contributed by atoms with E-state index in [1.807, 2.05) is 0 Å². The summed E-state index contributed by atoms with van der Waals surface area (Å²) in [7, 11) is 1.63. The van der Waals surface area contributed by atoms with Gasteiger partial charge in [-0.15, -0.1) is 10.2 Å². The van der Waals surface area contributed by atoms with Gasteiger partial charge >= 0.3 is 6.18 Å². The fraction of sp³-hybridized carbons (Fsp3) is 0.900. The van der Waals surface area contributed by atoms with E-state index in [1.54, 1.807) is 25.8 Å². The minimum atomic E-state index is -4.16. The van der Waals surface area contributed by atoms with Crippen molar-refractivity contribution >= 4 is 0 Å². The lowest BCUT2D eigenvalue weighted by Gasteiger charge is -2.36. The molecule has 102 valence electrons. The third-order valence-electron chi connectivity index (χ3n) is 3.63. The lowest BCUT2D eigenvalue weighted by molar-refractivity contribution is -0.192. The number of aryl methyl sites for hydroxylation is 1. The van der Waals surface area contributed by atoms with Gasteiger partial charge in [-0.25, -0.2) is 0 Å². The first kappa shape index (κ1) is 13.3. The standard InChI is InChI=1S/C10H16F3N5/c1-9(2)7(10(11,12)13)4-5-18(9)6-8-14-16-17(3)15-8/h7H,4-6H2,1-3H3. The first-order chi connectivity index (χ1) is 8.21. The van der Waals surface area contributed by atoms with Crippen LogP contribution in [0, 0.1) is 5.92 Å². The fourth-order valence-electron chi connectivity index (χ4n) is 2.55. The largest absolute Gasteiger partial charge is 0.393 e. The minimum absolute atomic E-state index is 0.122. The van der Waals surface area contributed by atoms with Gasteiger partial charge in [0.05, 0.1) is 19.5 Å². The molecule has 1 unspecified atom stereocenters. The molecule has 1 aromatic heterocycles. The molecule has 2 heterocycles. The van der Waals surface area contributed by atoms with E-state index in [1.165, 1.54) is 4.80 Å². The fourth-order valence-corrected chi connectivity index (χ4v) is 2.55. The maximum Gasteiger partial charge on any atom is 0.393 e. The Kier molecular flexibility index (Phi) is 3.08. The third kappa shape index (κ3) is 2.33. The van der Waals surface area contributed by atoms with Crippen LogP contribution in [0.4, 0.5) is 13.2 Å². The summed E-state index contributed by atoms with van der Waals surface area (Å²) in [6.07, 6.45) is -4.04. The number of rotatable bonds is 2. The summed E-state index contributed by atoms with van der Waals surface area (Å²) in [5.41, 5.74) is -0.933. The van der Waals surface area contributed by atoms with Crippen molar-refractivity contribution in [1.29, 1.82) is 0 Å². The number of alkyl halides is 3. The Bertz CT molecular complexity index is 425. The summed E-state index contributed by atoms with van der Waals surface area (Å²) >= 11 is 0. The zero-order valence-corrected chi connectivity index (χ0v) is 10.6. The highest BCUT2D eigenvalue weighted by Gasteiger charge is 2.54. The second-order valence-electron chi connectivity index (χ2n) is 5.15. The van der Waals surface area contributed by atoms with Crippen molar-refractivity contribution in [2.45, 2.75) is 38.5 Å². The average Bonchev–Trinajstić information content (AvgIpc) is 2.71. The Labute approximate surface area is 103 Å². The van der Waals surface area contributed by atoms with Gasteiger partial charge in [0.15, 0.2) is 5.82 Å². The summed E-state index contributed by atoms with van der Waals surface area (Å²) in [5, 5.41) is 11.5. The van der Waals surface area contributed by atoms with E-state index in [-0.39, 0.29) is 6.42 Å². The molecular formula is C10H16F3N5. The van der Waals surface area contributed by atoms with Crippen LogP contribution in [0.15, 0.2) is 0 Å².